The average Bonchev–Trinajstić information content (AvgIpc) is 2.86. The fraction of sp³-hybridized carbons (Fsp3) is 0.435. The zero-order chi connectivity index (χ0) is 26.4. The molecule has 1 unspecified atom stereocenters. The van der Waals surface area contributed by atoms with Crippen molar-refractivity contribution in [2.24, 2.45) is 11.2 Å². The predicted octanol–water partition coefficient (Wildman–Crippen LogP) is 3.82. The lowest BCUT2D eigenvalue weighted by Crippen LogP contribution is -2.51. The zero-order valence-corrected chi connectivity index (χ0v) is 20.3. The molecule has 0 radical (unpaired) electrons. The van der Waals surface area contributed by atoms with Gasteiger partial charge in [0.25, 0.3) is 5.69 Å². The Morgan fingerprint density at radius 1 is 0.972 bits per heavy atom. The first-order chi connectivity index (χ1) is 17.1. The topological polar surface area (TPSA) is 157 Å². The quantitative estimate of drug-likeness (QED) is 0.217. The number of amides is 1. The number of carbonyl (C=O) groups excluding carboxylic acids is 1. The molecule has 2 aromatic rings. The maximum absolute atomic E-state index is 13.0. The van der Waals surface area contributed by atoms with Crippen molar-refractivity contribution in [1.29, 1.82) is 0 Å². The third-order valence-electron chi connectivity index (χ3n) is 5.86. The van der Waals surface area contributed by atoms with E-state index in [-0.39, 0.29) is 29.9 Å². The fourth-order valence-corrected chi connectivity index (χ4v) is 3.89. The highest BCUT2D eigenvalue weighted by Gasteiger charge is 2.29. The van der Waals surface area contributed by atoms with Crippen LogP contribution in [0.5, 0.6) is 5.75 Å². The number of nitro groups is 2. The van der Waals surface area contributed by atoms with E-state index in [9.17, 15) is 30.2 Å². The van der Waals surface area contributed by atoms with E-state index in [1.165, 1.54) is 10.6 Å². The normalized spacial score (nSPS) is 15.1. The first-order valence-corrected chi connectivity index (χ1v) is 11.5. The van der Waals surface area contributed by atoms with Gasteiger partial charge >= 0.3 is 5.69 Å². The number of nitrogens with zero attached hydrogens (tertiary/aromatic N) is 6. The van der Waals surface area contributed by atoms with Crippen molar-refractivity contribution in [3.63, 3.8) is 0 Å². The van der Waals surface area contributed by atoms with E-state index in [0.29, 0.717) is 19.0 Å². The molecule has 1 aliphatic heterocycles. The van der Waals surface area contributed by atoms with E-state index < -0.39 is 27.0 Å². The smallest absolute Gasteiger partial charge is 0.321 e. The van der Waals surface area contributed by atoms with E-state index in [1.807, 2.05) is 31.2 Å². The van der Waals surface area contributed by atoms with E-state index in [2.05, 4.69) is 19.1 Å². The van der Waals surface area contributed by atoms with Crippen molar-refractivity contribution in [3.8, 4) is 5.75 Å². The van der Waals surface area contributed by atoms with Gasteiger partial charge in [0.15, 0.2) is 0 Å². The molecular formula is C23H28N6O7. The van der Waals surface area contributed by atoms with Crippen LogP contribution in [0.2, 0.25) is 0 Å². The van der Waals surface area contributed by atoms with Crippen LogP contribution in [0.25, 0.3) is 0 Å². The second-order valence-corrected chi connectivity index (χ2v) is 8.93. The number of hydrogen-bond donors (Lipinski definition) is 0. The minimum absolute atomic E-state index is 0.0431. The highest BCUT2D eigenvalue weighted by atomic mass is 16.7. The molecule has 1 atom stereocenters. The van der Waals surface area contributed by atoms with Gasteiger partial charge in [0.1, 0.15) is 0 Å². The van der Waals surface area contributed by atoms with E-state index in [4.69, 9.17) is 4.84 Å². The van der Waals surface area contributed by atoms with Gasteiger partial charge in [-0.05, 0) is 36.5 Å². The molecule has 0 bridgehead atoms. The number of carbonyl (C=O) groups is 1. The van der Waals surface area contributed by atoms with Crippen molar-refractivity contribution >= 4 is 17.3 Å². The maximum Gasteiger partial charge on any atom is 0.321 e. The number of piperazine rings is 1. The Labute approximate surface area is 207 Å². The molecule has 1 amide bonds. The van der Waals surface area contributed by atoms with Crippen LogP contribution in [-0.2, 0) is 11.2 Å². The van der Waals surface area contributed by atoms with Crippen LogP contribution in [-0.4, -0.2) is 56.8 Å². The lowest BCUT2D eigenvalue weighted by Gasteiger charge is -2.33. The molecule has 1 aliphatic rings. The Kier molecular flexibility index (Phi) is 8.35. The number of nitro benzene ring substituents is 2. The lowest BCUT2D eigenvalue weighted by atomic mass is 9.96. The highest BCUT2D eigenvalue weighted by Crippen LogP contribution is 2.31. The Bertz CT molecular complexity index is 1140. The summed E-state index contributed by atoms with van der Waals surface area (Å²) in [6, 6.07) is 10.8. The molecule has 2 aromatic carbocycles. The van der Waals surface area contributed by atoms with Gasteiger partial charge in [0.2, 0.25) is 16.9 Å². The van der Waals surface area contributed by atoms with Gasteiger partial charge in [-0.3, -0.25) is 29.9 Å². The molecular weight excluding hydrogens is 472 g/mol. The molecule has 3 rings (SSSR count). The number of hydrogen-bond acceptors (Lipinski definition) is 8. The summed E-state index contributed by atoms with van der Waals surface area (Å²) in [6.45, 7) is 7.12. The molecule has 0 aromatic heterocycles. The van der Waals surface area contributed by atoms with Gasteiger partial charge in [-0.25, -0.2) is 0 Å². The van der Waals surface area contributed by atoms with Crippen LogP contribution in [0.3, 0.4) is 0 Å². The molecule has 0 saturated carbocycles. The zero-order valence-electron chi connectivity index (χ0n) is 20.3. The first kappa shape index (κ1) is 26.3. The van der Waals surface area contributed by atoms with Crippen molar-refractivity contribution in [2.75, 3.05) is 26.2 Å². The standard InChI is InChI=1S/C23H28N6O7/c1-16(2)14-18-4-6-19(7-5-18)17(3)23(30)25-10-12-26(13-11-25)29(35)24-36-22-9-8-20(27(31)32)15-21(22)28(33)34/h4-9,15-17H,10-14H2,1-3H3/b29-24-. The molecule has 1 heterocycles. The summed E-state index contributed by atoms with van der Waals surface area (Å²) in [5, 5.41) is 39.0. The SMILES string of the molecule is CC(C)Cc1ccc(C(C)C(=O)N2CCN(/[N+]([O-])=N/Oc3ccc([N+](=O)[O-])cc3[N+](=O)[O-])CC2)cc1. The second-order valence-electron chi connectivity index (χ2n) is 8.93. The predicted molar refractivity (Wildman–Crippen MR) is 128 cm³/mol. The lowest BCUT2D eigenvalue weighted by molar-refractivity contribution is -0.708. The van der Waals surface area contributed by atoms with Gasteiger partial charge in [-0.1, -0.05) is 38.1 Å². The Morgan fingerprint density at radius 3 is 2.17 bits per heavy atom. The van der Waals surface area contributed by atoms with Crippen molar-refractivity contribution in [2.45, 2.75) is 33.1 Å². The van der Waals surface area contributed by atoms with E-state index in [0.717, 1.165) is 30.2 Å². The fourth-order valence-electron chi connectivity index (χ4n) is 3.89. The minimum Gasteiger partial charge on any atom is -0.569 e. The van der Waals surface area contributed by atoms with Gasteiger partial charge in [-0.2, -0.15) is 0 Å². The molecule has 1 saturated heterocycles. The van der Waals surface area contributed by atoms with Crippen LogP contribution in [0.15, 0.2) is 47.7 Å². The monoisotopic (exact) mass is 500 g/mol. The van der Waals surface area contributed by atoms with Gasteiger partial charge in [-0.15, -0.1) is 5.01 Å². The Balaban J connectivity index is 1.58. The van der Waals surface area contributed by atoms with Crippen LogP contribution in [0, 0.1) is 31.4 Å². The van der Waals surface area contributed by atoms with Gasteiger partial charge in [0.05, 0.1) is 39.9 Å². The molecule has 0 N–H and O–H groups in total. The molecule has 36 heavy (non-hydrogen) atoms. The summed E-state index contributed by atoms with van der Waals surface area (Å²) >= 11 is 0. The number of hydrazine groups is 1. The molecule has 192 valence electrons. The molecule has 0 aliphatic carbocycles. The third-order valence-corrected chi connectivity index (χ3v) is 5.86. The maximum atomic E-state index is 13.0. The Hall–Kier alpha value is -4.29. The van der Waals surface area contributed by atoms with Gasteiger partial charge < -0.3 is 10.1 Å². The molecule has 13 nitrogen and oxygen atoms in total. The summed E-state index contributed by atoms with van der Waals surface area (Å²) in [6.07, 6.45) is 0.975. The van der Waals surface area contributed by atoms with Crippen molar-refractivity contribution in [1.82, 2.24) is 9.91 Å². The van der Waals surface area contributed by atoms with Crippen LogP contribution in [0.1, 0.15) is 37.8 Å². The molecule has 0 spiro atoms. The first-order valence-electron chi connectivity index (χ1n) is 11.5. The Morgan fingerprint density at radius 2 is 1.61 bits per heavy atom. The summed E-state index contributed by atoms with van der Waals surface area (Å²) < 4.78 is 0. The number of rotatable bonds is 9. The van der Waals surface area contributed by atoms with E-state index in [1.54, 1.807) is 4.90 Å². The number of benzene rings is 2. The molecule has 1 fully saturated rings. The average molecular weight is 501 g/mol. The largest absolute Gasteiger partial charge is 0.569 e. The van der Waals surface area contributed by atoms with Crippen molar-refractivity contribution in [3.05, 3.63) is 79.0 Å². The summed E-state index contributed by atoms with van der Waals surface area (Å²) in [7, 11) is 0. The van der Waals surface area contributed by atoms with Crippen LogP contribution < -0.4 is 4.84 Å². The van der Waals surface area contributed by atoms with Crippen molar-refractivity contribution < 1.29 is 24.4 Å². The highest BCUT2D eigenvalue weighted by molar-refractivity contribution is 5.83. The summed E-state index contributed by atoms with van der Waals surface area (Å²) in [5.74, 6) is -0.233. The van der Waals surface area contributed by atoms with Crippen LogP contribution >= 0.6 is 0 Å². The van der Waals surface area contributed by atoms with Crippen LogP contribution in [0.4, 0.5) is 11.4 Å². The number of non-ortho nitro benzene ring substituents is 1. The third kappa shape index (κ3) is 6.43. The second kappa shape index (κ2) is 11.4. The van der Waals surface area contributed by atoms with Gasteiger partial charge in [0, 0.05) is 19.2 Å². The summed E-state index contributed by atoms with van der Waals surface area (Å²) in [4.78, 5) is 40.1. The molecule has 13 heteroatoms. The minimum atomic E-state index is -0.865. The summed E-state index contributed by atoms with van der Waals surface area (Å²) in [5.41, 5.74) is 0.966. The van der Waals surface area contributed by atoms with E-state index >= 15 is 0 Å².